The van der Waals surface area contributed by atoms with E-state index in [0.29, 0.717) is 6.61 Å². The molecule has 1 atom stereocenters. The topological polar surface area (TPSA) is 73.9 Å². The van der Waals surface area contributed by atoms with Crippen LogP contribution in [0.2, 0.25) is 0 Å². The van der Waals surface area contributed by atoms with Crippen molar-refractivity contribution in [3.05, 3.63) is 102 Å². The first-order valence-corrected chi connectivity index (χ1v) is 11.2. The van der Waals surface area contributed by atoms with Crippen LogP contribution in [0, 0.1) is 0 Å². The lowest BCUT2D eigenvalue weighted by atomic mass is 10.1. The first-order chi connectivity index (χ1) is 16.3. The summed E-state index contributed by atoms with van der Waals surface area (Å²) in [5, 5.41) is 2.65. The monoisotopic (exact) mass is 461 g/mol. The molecule has 0 aliphatic carbocycles. The van der Waals surface area contributed by atoms with Crippen LogP contribution in [0.15, 0.2) is 84.9 Å². The zero-order valence-corrected chi connectivity index (χ0v) is 19.8. The Labute approximate surface area is 200 Å². The van der Waals surface area contributed by atoms with Gasteiger partial charge in [0.05, 0.1) is 0 Å². The molecule has 1 N–H and O–H groups in total. The minimum Gasteiger partial charge on any atom is -0.489 e. The molecule has 0 aliphatic rings. The maximum Gasteiger partial charge on any atom is 0.408 e. The van der Waals surface area contributed by atoms with Crippen molar-refractivity contribution in [3.63, 3.8) is 0 Å². The van der Waals surface area contributed by atoms with E-state index >= 15 is 0 Å². The molecule has 0 bridgehead atoms. The molecule has 0 aromatic heterocycles. The zero-order chi connectivity index (χ0) is 24.4. The third-order valence-electron chi connectivity index (χ3n) is 4.81. The molecule has 34 heavy (non-hydrogen) atoms. The fraction of sp³-hybridized carbons (Fsp3) is 0.286. The summed E-state index contributed by atoms with van der Waals surface area (Å²) in [6.45, 7) is 5.89. The number of alkyl carbamates (subject to hydrolysis) is 1. The van der Waals surface area contributed by atoms with E-state index in [9.17, 15) is 9.59 Å². The molecule has 6 nitrogen and oxygen atoms in total. The first kappa shape index (κ1) is 24.8. The standard InChI is InChI=1S/C28H31NO5/c1-28(2,3)34-27(31)29-25(26(30)33-20-23-12-8-5-9-13-23)18-21-14-16-24(17-15-21)32-19-22-10-6-4-7-11-22/h4-17,25H,18-20H2,1-3H3,(H,29,31). The second-order valence-corrected chi connectivity index (χ2v) is 8.91. The summed E-state index contributed by atoms with van der Waals surface area (Å²) in [7, 11) is 0. The van der Waals surface area contributed by atoms with Crippen molar-refractivity contribution >= 4 is 12.1 Å². The number of nitrogens with one attached hydrogen (secondary N) is 1. The number of benzene rings is 3. The number of hydrogen-bond acceptors (Lipinski definition) is 5. The highest BCUT2D eigenvalue weighted by Crippen LogP contribution is 2.16. The Bertz CT molecular complexity index is 1040. The SMILES string of the molecule is CC(C)(C)OC(=O)NC(Cc1ccc(OCc2ccccc2)cc1)C(=O)OCc1ccccc1. The van der Waals surface area contributed by atoms with Gasteiger partial charge in [0.25, 0.3) is 0 Å². The first-order valence-electron chi connectivity index (χ1n) is 11.2. The van der Waals surface area contributed by atoms with Gasteiger partial charge < -0.3 is 19.5 Å². The molecule has 0 radical (unpaired) electrons. The lowest BCUT2D eigenvalue weighted by molar-refractivity contribution is -0.147. The molecule has 178 valence electrons. The number of rotatable bonds is 9. The van der Waals surface area contributed by atoms with Crippen LogP contribution in [0.25, 0.3) is 0 Å². The lowest BCUT2D eigenvalue weighted by Crippen LogP contribution is -2.45. The third kappa shape index (κ3) is 8.62. The van der Waals surface area contributed by atoms with Gasteiger partial charge in [-0.05, 0) is 49.6 Å². The molecule has 6 heteroatoms. The molecule has 0 saturated heterocycles. The quantitative estimate of drug-likeness (QED) is 0.429. The van der Waals surface area contributed by atoms with Gasteiger partial charge in [-0.15, -0.1) is 0 Å². The lowest BCUT2D eigenvalue weighted by Gasteiger charge is -2.23. The van der Waals surface area contributed by atoms with Gasteiger partial charge in [-0.2, -0.15) is 0 Å². The second-order valence-electron chi connectivity index (χ2n) is 8.91. The summed E-state index contributed by atoms with van der Waals surface area (Å²) in [6.07, 6.45) is -0.414. The van der Waals surface area contributed by atoms with Crippen LogP contribution in [0.1, 0.15) is 37.5 Å². The normalized spacial score (nSPS) is 11.9. The predicted molar refractivity (Wildman–Crippen MR) is 130 cm³/mol. The van der Waals surface area contributed by atoms with E-state index in [1.165, 1.54) is 0 Å². The molecule has 0 saturated carbocycles. The highest BCUT2D eigenvalue weighted by atomic mass is 16.6. The van der Waals surface area contributed by atoms with Crippen molar-refractivity contribution in [1.29, 1.82) is 0 Å². The third-order valence-corrected chi connectivity index (χ3v) is 4.81. The van der Waals surface area contributed by atoms with E-state index in [-0.39, 0.29) is 13.0 Å². The highest BCUT2D eigenvalue weighted by Gasteiger charge is 2.26. The van der Waals surface area contributed by atoms with Crippen LogP contribution in [0.4, 0.5) is 4.79 Å². The average Bonchev–Trinajstić information content (AvgIpc) is 2.82. The van der Waals surface area contributed by atoms with Crippen molar-refractivity contribution in [1.82, 2.24) is 5.32 Å². The summed E-state index contributed by atoms with van der Waals surface area (Å²) in [4.78, 5) is 25.2. The molecule has 0 spiro atoms. The summed E-state index contributed by atoms with van der Waals surface area (Å²) in [5.41, 5.74) is 2.12. The molecular formula is C28H31NO5. The van der Waals surface area contributed by atoms with E-state index < -0.39 is 23.7 Å². The van der Waals surface area contributed by atoms with Gasteiger partial charge in [-0.1, -0.05) is 72.8 Å². The number of hydrogen-bond donors (Lipinski definition) is 1. The van der Waals surface area contributed by atoms with E-state index in [4.69, 9.17) is 14.2 Å². The fourth-order valence-electron chi connectivity index (χ4n) is 3.17. The Morgan fingerprint density at radius 3 is 1.88 bits per heavy atom. The van der Waals surface area contributed by atoms with Crippen molar-refractivity contribution in [3.8, 4) is 5.75 Å². The Balaban J connectivity index is 1.63. The number of ether oxygens (including phenoxy) is 3. The minimum absolute atomic E-state index is 0.123. The van der Waals surface area contributed by atoms with E-state index in [1.807, 2.05) is 84.9 Å². The summed E-state index contributed by atoms with van der Waals surface area (Å²) in [6, 6.07) is 25.8. The van der Waals surface area contributed by atoms with Gasteiger partial charge in [-0.3, -0.25) is 0 Å². The average molecular weight is 462 g/mol. The molecule has 3 rings (SSSR count). The van der Waals surface area contributed by atoms with Gasteiger partial charge in [-0.25, -0.2) is 9.59 Å². The number of carbonyl (C=O) groups is 2. The molecule has 3 aromatic carbocycles. The van der Waals surface area contributed by atoms with E-state index in [2.05, 4.69) is 5.32 Å². The van der Waals surface area contributed by atoms with Crippen molar-refractivity contribution < 1.29 is 23.8 Å². The summed E-state index contributed by atoms with van der Waals surface area (Å²) >= 11 is 0. The summed E-state index contributed by atoms with van der Waals surface area (Å²) in [5.74, 6) is 0.190. The molecule has 0 aliphatic heterocycles. The van der Waals surface area contributed by atoms with Gasteiger partial charge >= 0.3 is 12.1 Å². The Morgan fingerprint density at radius 2 is 1.32 bits per heavy atom. The largest absolute Gasteiger partial charge is 0.489 e. The Kier molecular flexibility index (Phi) is 8.68. The van der Waals surface area contributed by atoms with Gasteiger partial charge in [0.15, 0.2) is 0 Å². The van der Waals surface area contributed by atoms with Crippen molar-refractivity contribution in [2.24, 2.45) is 0 Å². The number of esters is 1. The van der Waals surface area contributed by atoms with Crippen molar-refractivity contribution in [2.75, 3.05) is 0 Å². The fourth-order valence-corrected chi connectivity index (χ4v) is 3.17. The van der Waals surface area contributed by atoms with Gasteiger partial charge in [0.1, 0.15) is 30.6 Å². The van der Waals surface area contributed by atoms with Crippen LogP contribution in [0.5, 0.6) is 5.75 Å². The maximum absolute atomic E-state index is 12.8. The van der Waals surface area contributed by atoms with Gasteiger partial charge in [0, 0.05) is 6.42 Å². The van der Waals surface area contributed by atoms with Crippen LogP contribution < -0.4 is 10.1 Å². The van der Waals surface area contributed by atoms with Crippen LogP contribution in [-0.2, 0) is 33.9 Å². The molecular weight excluding hydrogens is 430 g/mol. The van der Waals surface area contributed by atoms with Gasteiger partial charge in [0.2, 0.25) is 0 Å². The highest BCUT2D eigenvalue weighted by molar-refractivity contribution is 5.81. The van der Waals surface area contributed by atoms with Crippen LogP contribution in [0.3, 0.4) is 0 Å². The van der Waals surface area contributed by atoms with E-state index in [1.54, 1.807) is 20.8 Å². The smallest absolute Gasteiger partial charge is 0.408 e. The molecule has 0 fully saturated rings. The van der Waals surface area contributed by atoms with Crippen LogP contribution >= 0.6 is 0 Å². The molecule has 0 heterocycles. The van der Waals surface area contributed by atoms with Crippen molar-refractivity contribution in [2.45, 2.75) is 52.0 Å². The molecule has 1 unspecified atom stereocenters. The van der Waals surface area contributed by atoms with Crippen LogP contribution in [-0.4, -0.2) is 23.7 Å². The Hall–Kier alpha value is -3.80. The number of amides is 1. The molecule has 1 amide bonds. The second kappa shape index (κ2) is 11.9. The minimum atomic E-state index is -0.894. The zero-order valence-electron chi connectivity index (χ0n) is 19.8. The van der Waals surface area contributed by atoms with E-state index in [0.717, 1.165) is 22.4 Å². The maximum atomic E-state index is 12.8. The molecule has 3 aromatic rings. The predicted octanol–water partition coefficient (Wildman–Crippen LogP) is 5.44. The number of carbonyl (C=O) groups excluding carboxylic acids is 2. The Morgan fingerprint density at radius 1 is 0.765 bits per heavy atom. The summed E-state index contributed by atoms with van der Waals surface area (Å²) < 4.78 is 16.6.